The molecule has 0 bridgehead atoms. The second-order valence-electron chi connectivity index (χ2n) is 5.50. The molecular formula is C10H21NO4S. The smallest absolute Gasteiger partial charge is 0.321 e. The molecule has 6 heteroatoms. The Morgan fingerprint density at radius 3 is 2.00 bits per heavy atom. The van der Waals surface area contributed by atoms with Gasteiger partial charge in [0.2, 0.25) is 10.0 Å². The van der Waals surface area contributed by atoms with E-state index in [1.807, 2.05) is 0 Å². The molecule has 0 aromatic carbocycles. The van der Waals surface area contributed by atoms with Crippen LogP contribution in [0.5, 0.6) is 0 Å². The third kappa shape index (κ3) is 6.07. The number of hydrogen-bond donors (Lipinski definition) is 2. The molecule has 0 rings (SSSR count). The minimum absolute atomic E-state index is 0.0868. The summed E-state index contributed by atoms with van der Waals surface area (Å²) in [5, 5.41) is 8.88. The maximum Gasteiger partial charge on any atom is 0.321 e. The van der Waals surface area contributed by atoms with Crippen molar-refractivity contribution in [2.24, 2.45) is 11.3 Å². The molecule has 0 aliphatic rings. The highest BCUT2D eigenvalue weighted by Crippen LogP contribution is 2.16. The average molecular weight is 251 g/mol. The molecular weight excluding hydrogens is 230 g/mol. The standard InChI is InChI=1S/C10H21NO4S/c1-7(2)8(9(12)13)11-16(14,15)6-10(3,4)5/h7-8,11H,6H2,1-5H3,(H,12,13). The third-order valence-electron chi connectivity index (χ3n) is 1.86. The topological polar surface area (TPSA) is 83.5 Å². The number of carbonyl (C=O) groups is 1. The summed E-state index contributed by atoms with van der Waals surface area (Å²) in [6, 6.07) is -1.06. The highest BCUT2D eigenvalue weighted by Gasteiger charge is 2.29. The van der Waals surface area contributed by atoms with Gasteiger partial charge in [0.25, 0.3) is 0 Å². The van der Waals surface area contributed by atoms with Crippen molar-refractivity contribution in [1.82, 2.24) is 4.72 Å². The van der Waals surface area contributed by atoms with Crippen LogP contribution in [-0.2, 0) is 14.8 Å². The molecule has 0 fully saturated rings. The van der Waals surface area contributed by atoms with Gasteiger partial charge in [0, 0.05) is 0 Å². The Hall–Kier alpha value is -0.620. The van der Waals surface area contributed by atoms with Gasteiger partial charge >= 0.3 is 5.97 Å². The van der Waals surface area contributed by atoms with Gasteiger partial charge in [-0.05, 0) is 11.3 Å². The van der Waals surface area contributed by atoms with E-state index < -0.39 is 27.4 Å². The van der Waals surface area contributed by atoms with Crippen molar-refractivity contribution >= 4 is 16.0 Å². The molecule has 16 heavy (non-hydrogen) atoms. The molecule has 0 amide bonds. The van der Waals surface area contributed by atoms with Gasteiger partial charge in [0.1, 0.15) is 6.04 Å². The highest BCUT2D eigenvalue weighted by molar-refractivity contribution is 7.89. The van der Waals surface area contributed by atoms with E-state index in [1.54, 1.807) is 34.6 Å². The lowest BCUT2D eigenvalue weighted by molar-refractivity contribution is -0.140. The molecule has 0 aromatic heterocycles. The van der Waals surface area contributed by atoms with Crippen LogP contribution in [0.1, 0.15) is 34.6 Å². The van der Waals surface area contributed by atoms with Crippen molar-refractivity contribution in [2.75, 3.05) is 5.75 Å². The van der Waals surface area contributed by atoms with Crippen LogP contribution in [0.25, 0.3) is 0 Å². The Kier molecular flexibility index (Phi) is 4.94. The van der Waals surface area contributed by atoms with Gasteiger partial charge in [0.05, 0.1) is 5.75 Å². The molecule has 0 saturated carbocycles. The first kappa shape index (κ1) is 15.4. The lowest BCUT2D eigenvalue weighted by Gasteiger charge is -2.22. The number of aliphatic carboxylic acids is 1. The largest absolute Gasteiger partial charge is 0.480 e. The van der Waals surface area contributed by atoms with Crippen LogP contribution in [0.4, 0.5) is 0 Å². The molecule has 96 valence electrons. The van der Waals surface area contributed by atoms with Crippen molar-refractivity contribution in [2.45, 2.75) is 40.7 Å². The van der Waals surface area contributed by atoms with Crippen molar-refractivity contribution in [3.8, 4) is 0 Å². The summed E-state index contributed by atoms with van der Waals surface area (Å²) < 4.78 is 25.6. The van der Waals surface area contributed by atoms with Crippen LogP contribution >= 0.6 is 0 Å². The molecule has 1 atom stereocenters. The minimum atomic E-state index is -3.56. The van der Waals surface area contributed by atoms with Crippen molar-refractivity contribution in [3.05, 3.63) is 0 Å². The lowest BCUT2D eigenvalue weighted by Crippen LogP contribution is -2.46. The van der Waals surface area contributed by atoms with E-state index in [0.29, 0.717) is 0 Å². The van der Waals surface area contributed by atoms with E-state index in [9.17, 15) is 13.2 Å². The van der Waals surface area contributed by atoms with Crippen molar-refractivity contribution < 1.29 is 18.3 Å². The summed E-state index contributed by atoms with van der Waals surface area (Å²) in [6.45, 7) is 8.70. The first-order valence-electron chi connectivity index (χ1n) is 5.17. The van der Waals surface area contributed by atoms with E-state index in [1.165, 1.54) is 0 Å². The number of carboxylic acid groups (broad SMARTS) is 1. The van der Waals surface area contributed by atoms with Gasteiger partial charge < -0.3 is 5.11 Å². The fourth-order valence-electron chi connectivity index (χ4n) is 1.28. The summed E-state index contributed by atoms with van der Waals surface area (Å²) in [5.41, 5.74) is -0.397. The fraction of sp³-hybridized carbons (Fsp3) is 0.900. The minimum Gasteiger partial charge on any atom is -0.480 e. The van der Waals surface area contributed by atoms with Crippen LogP contribution in [0.2, 0.25) is 0 Å². The van der Waals surface area contributed by atoms with E-state index in [0.717, 1.165) is 0 Å². The molecule has 0 aliphatic heterocycles. The summed E-state index contributed by atoms with van der Waals surface area (Å²) in [5.74, 6) is -1.52. The monoisotopic (exact) mass is 251 g/mol. The van der Waals surface area contributed by atoms with Gasteiger partial charge in [-0.1, -0.05) is 34.6 Å². The number of hydrogen-bond acceptors (Lipinski definition) is 3. The molecule has 0 heterocycles. The van der Waals surface area contributed by atoms with Gasteiger partial charge in [0.15, 0.2) is 0 Å². The van der Waals surface area contributed by atoms with Crippen molar-refractivity contribution in [3.63, 3.8) is 0 Å². The summed E-state index contributed by atoms with van der Waals surface area (Å²) in [6.07, 6.45) is 0. The van der Waals surface area contributed by atoms with Crippen LogP contribution in [0.15, 0.2) is 0 Å². The molecule has 5 nitrogen and oxygen atoms in total. The Labute approximate surface area is 97.3 Å². The molecule has 1 unspecified atom stereocenters. The average Bonchev–Trinajstić information content (AvgIpc) is 1.94. The summed E-state index contributed by atoms with van der Waals surface area (Å²) in [4.78, 5) is 10.9. The molecule has 0 spiro atoms. The van der Waals surface area contributed by atoms with Crippen LogP contribution in [0.3, 0.4) is 0 Å². The zero-order chi connectivity index (χ0) is 13.1. The quantitative estimate of drug-likeness (QED) is 0.765. The number of carboxylic acids is 1. The van der Waals surface area contributed by atoms with E-state index in [4.69, 9.17) is 5.11 Å². The summed E-state index contributed by atoms with van der Waals surface area (Å²) >= 11 is 0. The van der Waals surface area contributed by atoms with Gasteiger partial charge in [-0.3, -0.25) is 4.79 Å². The molecule has 0 radical (unpaired) electrons. The second-order valence-corrected chi connectivity index (χ2v) is 7.25. The molecule has 2 N–H and O–H groups in total. The maximum absolute atomic E-state index is 11.7. The third-order valence-corrected chi connectivity index (χ3v) is 3.72. The maximum atomic E-state index is 11.7. The first-order chi connectivity index (χ1) is 6.94. The van der Waals surface area contributed by atoms with Gasteiger partial charge in [-0.2, -0.15) is 0 Å². The zero-order valence-corrected chi connectivity index (χ0v) is 11.3. The second kappa shape index (κ2) is 5.14. The summed E-state index contributed by atoms with van der Waals surface area (Å²) in [7, 11) is -3.56. The predicted octanol–water partition coefficient (Wildman–Crippen LogP) is 1.06. The van der Waals surface area contributed by atoms with Crippen molar-refractivity contribution in [1.29, 1.82) is 0 Å². The molecule has 0 saturated heterocycles. The fourth-order valence-corrected chi connectivity index (χ4v) is 3.26. The highest BCUT2D eigenvalue weighted by atomic mass is 32.2. The van der Waals surface area contributed by atoms with E-state index in [-0.39, 0.29) is 11.7 Å². The van der Waals surface area contributed by atoms with E-state index in [2.05, 4.69) is 4.72 Å². The van der Waals surface area contributed by atoms with Gasteiger partial charge in [-0.15, -0.1) is 0 Å². The number of nitrogens with one attached hydrogen (secondary N) is 1. The van der Waals surface area contributed by atoms with Crippen LogP contribution in [0, 0.1) is 11.3 Å². The Morgan fingerprint density at radius 1 is 1.31 bits per heavy atom. The Balaban J connectivity index is 4.75. The number of sulfonamides is 1. The van der Waals surface area contributed by atoms with Crippen LogP contribution < -0.4 is 4.72 Å². The Morgan fingerprint density at radius 2 is 1.75 bits per heavy atom. The zero-order valence-electron chi connectivity index (χ0n) is 10.4. The first-order valence-corrected chi connectivity index (χ1v) is 6.83. The Bertz CT molecular complexity index is 340. The normalized spacial score (nSPS) is 15.1. The van der Waals surface area contributed by atoms with Crippen LogP contribution in [-0.4, -0.2) is 31.3 Å². The molecule has 0 aromatic rings. The predicted molar refractivity (Wildman–Crippen MR) is 62.6 cm³/mol. The van der Waals surface area contributed by atoms with Gasteiger partial charge in [-0.25, -0.2) is 13.1 Å². The molecule has 0 aliphatic carbocycles. The SMILES string of the molecule is CC(C)C(NS(=O)(=O)CC(C)(C)C)C(=O)O. The number of rotatable bonds is 5. The lowest BCUT2D eigenvalue weighted by atomic mass is 10.0. The van der Waals surface area contributed by atoms with E-state index >= 15 is 0 Å².